The number of allylic oxidation sites excluding steroid dienone is 5. The van der Waals surface area contributed by atoms with E-state index in [2.05, 4.69) is 10.5 Å². The van der Waals surface area contributed by atoms with Crippen LogP contribution in [0.5, 0.6) is 0 Å². The zero-order valence-electron chi connectivity index (χ0n) is 13.2. The molecule has 0 bridgehead atoms. The first-order valence-electron chi connectivity index (χ1n) is 7.54. The zero-order chi connectivity index (χ0) is 16.9. The number of hydrogen-bond acceptors (Lipinski definition) is 5. The Hall–Kier alpha value is -3.30. The summed E-state index contributed by atoms with van der Waals surface area (Å²) in [5.74, 6) is 2.18. The van der Waals surface area contributed by atoms with Crippen LogP contribution in [0, 0.1) is 0 Å². The van der Waals surface area contributed by atoms with Crippen LogP contribution in [-0.2, 0) is 4.79 Å². The van der Waals surface area contributed by atoms with Crippen molar-refractivity contribution in [2.75, 3.05) is 12.4 Å². The quantitative estimate of drug-likeness (QED) is 0.846. The van der Waals surface area contributed by atoms with Gasteiger partial charge < -0.3 is 15.6 Å². The predicted octanol–water partition coefficient (Wildman–Crippen LogP) is 3.14. The van der Waals surface area contributed by atoms with Gasteiger partial charge in [-0.25, -0.2) is 4.79 Å². The molecule has 0 spiro atoms. The highest BCUT2D eigenvalue weighted by Crippen LogP contribution is 2.35. The van der Waals surface area contributed by atoms with Crippen molar-refractivity contribution in [3.63, 3.8) is 0 Å². The van der Waals surface area contributed by atoms with Crippen molar-refractivity contribution in [2.24, 2.45) is 5.73 Å². The Morgan fingerprint density at radius 1 is 1.33 bits per heavy atom. The van der Waals surface area contributed by atoms with E-state index < -0.39 is 0 Å². The molecule has 1 unspecified atom stereocenters. The molecule has 5 heteroatoms. The summed E-state index contributed by atoms with van der Waals surface area (Å²) in [6.07, 6.45) is 8.99. The molecule has 1 aliphatic carbocycles. The van der Waals surface area contributed by atoms with Gasteiger partial charge in [0.2, 0.25) is 0 Å². The lowest BCUT2D eigenvalue weighted by atomic mass is 9.91. The number of aromatic nitrogens is 1. The summed E-state index contributed by atoms with van der Waals surface area (Å²) in [5, 5.41) is 7.22. The van der Waals surface area contributed by atoms with Gasteiger partial charge in [0.05, 0.1) is 5.92 Å². The minimum absolute atomic E-state index is 0.293. The molecule has 24 heavy (non-hydrogen) atoms. The maximum absolute atomic E-state index is 11.2. The van der Waals surface area contributed by atoms with Gasteiger partial charge in [-0.2, -0.15) is 0 Å². The number of carbonyl (C=O) groups excluding carboxylic acids is 1. The SMILES string of the molecule is CNc1c(C2C=CC=CC2=C=O)noc1C=C(N)c1ccccc1. The van der Waals surface area contributed by atoms with Crippen molar-refractivity contribution < 1.29 is 9.32 Å². The molecule has 1 atom stereocenters. The number of rotatable bonds is 4. The van der Waals surface area contributed by atoms with E-state index in [9.17, 15) is 4.79 Å². The Labute approximate surface area is 139 Å². The number of nitrogens with two attached hydrogens (primary N) is 1. The second-order valence-electron chi connectivity index (χ2n) is 5.30. The fourth-order valence-electron chi connectivity index (χ4n) is 2.61. The molecule has 1 heterocycles. The molecule has 0 saturated heterocycles. The van der Waals surface area contributed by atoms with E-state index >= 15 is 0 Å². The van der Waals surface area contributed by atoms with Crippen molar-refractivity contribution in [1.82, 2.24) is 5.16 Å². The van der Waals surface area contributed by atoms with Gasteiger partial charge in [-0.15, -0.1) is 0 Å². The van der Waals surface area contributed by atoms with Gasteiger partial charge in [-0.3, -0.25) is 0 Å². The highest BCUT2D eigenvalue weighted by atomic mass is 16.5. The molecule has 3 N–H and O–H groups in total. The van der Waals surface area contributed by atoms with E-state index in [1.54, 1.807) is 25.3 Å². The fourth-order valence-corrected chi connectivity index (χ4v) is 2.61. The summed E-state index contributed by atoms with van der Waals surface area (Å²) >= 11 is 0. The minimum Gasteiger partial charge on any atom is -0.398 e. The molecule has 0 saturated carbocycles. The van der Waals surface area contributed by atoms with Crippen LogP contribution in [0.2, 0.25) is 0 Å². The highest BCUT2D eigenvalue weighted by Gasteiger charge is 2.24. The van der Waals surface area contributed by atoms with E-state index in [1.165, 1.54) is 0 Å². The van der Waals surface area contributed by atoms with E-state index in [-0.39, 0.29) is 5.92 Å². The molecule has 0 aliphatic heterocycles. The Bertz CT molecular complexity index is 869. The largest absolute Gasteiger partial charge is 0.398 e. The van der Waals surface area contributed by atoms with Gasteiger partial charge in [-0.05, 0) is 11.6 Å². The Balaban J connectivity index is 2.00. The van der Waals surface area contributed by atoms with Crippen LogP contribution in [-0.4, -0.2) is 18.1 Å². The summed E-state index contributed by atoms with van der Waals surface area (Å²) in [6, 6.07) is 9.61. The minimum atomic E-state index is -0.293. The van der Waals surface area contributed by atoms with Gasteiger partial charge >= 0.3 is 0 Å². The molecule has 1 aromatic heterocycles. The number of anilines is 1. The van der Waals surface area contributed by atoms with Gasteiger partial charge in [-0.1, -0.05) is 53.7 Å². The third-order valence-corrected chi connectivity index (χ3v) is 3.83. The molecule has 2 aromatic rings. The number of benzene rings is 1. The van der Waals surface area contributed by atoms with Crippen molar-refractivity contribution >= 4 is 23.4 Å². The van der Waals surface area contributed by atoms with E-state index in [0.717, 1.165) is 5.56 Å². The monoisotopic (exact) mass is 319 g/mol. The third-order valence-electron chi connectivity index (χ3n) is 3.83. The first kappa shape index (κ1) is 15.6. The molecule has 5 nitrogen and oxygen atoms in total. The summed E-state index contributed by atoms with van der Waals surface area (Å²) in [7, 11) is 1.78. The van der Waals surface area contributed by atoms with Crippen molar-refractivity contribution in [3.8, 4) is 0 Å². The van der Waals surface area contributed by atoms with Crippen molar-refractivity contribution in [1.29, 1.82) is 0 Å². The lowest BCUT2D eigenvalue weighted by Crippen LogP contribution is -2.05. The van der Waals surface area contributed by atoms with Crippen LogP contribution in [0.1, 0.15) is 22.9 Å². The second kappa shape index (κ2) is 6.86. The van der Waals surface area contributed by atoms with E-state index in [4.69, 9.17) is 10.3 Å². The number of nitrogens with one attached hydrogen (secondary N) is 1. The molecule has 1 aromatic carbocycles. The van der Waals surface area contributed by atoms with Crippen LogP contribution >= 0.6 is 0 Å². The summed E-state index contributed by atoms with van der Waals surface area (Å²) < 4.78 is 5.45. The maximum Gasteiger partial charge on any atom is 0.185 e. The van der Waals surface area contributed by atoms with Crippen LogP contribution in [0.25, 0.3) is 11.8 Å². The molecular weight excluding hydrogens is 302 g/mol. The van der Waals surface area contributed by atoms with Gasteiger partial charge in [0, 0.05) is 24.4 Å². The van der Waals surface area contributed by atoms with Crippen molar-refractivity contribution in [2.45, 2.75) is 5.92 Å². The first-order valence-corrected chi connectivity index (χ1v) is 7.54. The van der Waals surface area contributed by atoms with Crippen LogP contribution in [0.4, 0.5) is 5.69 Å². The first-order chi connectivity index (χ1) is 11.7. The maximum atomic E-state index is 11.2. The summed E-state index contributed by atoms with van der Waals surface area (Å²) in [5.41, 5.74) is 9.45. The standard InChI is InChI=1S/C19H17N3O2/c1-21-19-17(11-16(20)13-7-3-2-4-8-13)24-22-18(19)15-10-6-5-9-14(15)12-23/h2-11,15,21H,20H2,1H3. The van der Waals surface area contributed by atoms with Crippen molar-refractivity contribution in [3.05, 3.63) is 77.2 Å². The van der Waals surface area contributed by atoms with Gasteiger partial charge in [0.25, 0.3) is 0 Å². The smallest absolute Gasteiger partial charge is 0.185 e. The molecule has 120 valence electrons. The summed E-state index contributed by atoms with van der Waals surface area (Å²) in [6.45, 7) is 0. The molecule has 3 rings (SSSR count). The lowest BCUT2D eigenvalue weighted by molar-refractivity contribution is 0.405. The molecular formula is C19H17N3O2. The molecule has 1 aliphatic rings. The predicted molar refractivity (Wildman–Crippen MR) is 94.8 cm³/mol. The van der Waals surface area contributed by atoms with E-state index in [1.807, 2.05) is 48.4 Å². The fraction of sp³-hybridized carbons (Fsp3) is 0.105. The van der Waals surface area contributed by atoms with Gasteiger partial charge in [0.15, 0.2) is 5.76 Å². The Morgan fingerprint density at radius 2 is 2.12 bits per heavy atom. The highest BCUT2D eigenvalue weighted by molar-refractivity contribution is 5.82. The average Bonchev–Trinajstić information content (AvgIpc) is 3.04. The lowest BCUT2D eigenvalue weighted by Gasteiger charge is -2.12. The van der Waals surface area contributed by atoms with Gasteiger partial charge in [0.1, 0.15) is 17.3 Å². The Kier molecular flexibility index (Phi) is 4.45. The molecule has 0 amide bonds. The molecule has 0 fully saturated rings. The normalized spacial score (nSPS) is 17.0. The number of hydrogen-bond donors (Lipinski definition) is 2. The van der Waals surface area contributed by atoms with Crippen LogP contribution in [0.3, 0.4) is 0 Å². The average molecular weight is 319 g/mol. The third kappa shape index (κ3) is 2.93. The topological polar surface area (TPSA) is 81.2 Å². The Morgan fingerprint density at radius 3 is 2.83 bits per heavy atom. The van der Waals surface area contributed by atoms with Crippen LogP contribution < -0.4 is 11.1 Å². The number of nitrogens with zero attached hydrogens (tertiary/aromatic N) is 1. The second-order valence-corrected chi connectivity index (χ2v) is 5.30. The summed E-state index contributed by atoms with van der Waals surface area (Å²) in [4.78, 5) is 11.2. The van der Waals surface area contributed by atoms with E-state index in [0.29, 0.717) is 28.4 Å². The zero-order valence-corrected chi connectivity index (χ0v) is 13.2. The molecule has 0 radical (unpaired) electrons. The van der Waals surface area contributed by atoms with Crippen LogP contribution in [0.15, 0.2) is 64.7 Å².